The predicted octanol–water partition coefficient (Wildman–Crippen LogP) is 1.18. The van der Waals surface area contributed by atoms with Crippen LogP contribution in [-0.2, 0) is 4.74 Å². The number of carbonyl (C=O) groups excluding carboxylic acids is 1. The van der Waals surface area contributed by atoms with Gasteiger partial charge in [0.1, 0.15) is 0 Å². The normalized spacial score (nSPS) is 17.9. The second kappa shape index (κ2) is 5.00. The third kappa shape index (κ3) is 3.42. The molecule has 1 aliphatic rings. The first-order valence-corrected chi connectivity index (χ1v) is 5.30. The van der Waals surface area contributed by atoms with Crippen LogP contribution >= 0.6 is 0 Å². The van der Waals surface area contributed by atoms with Crippen molar-refractivity contribution >= 4 is 11.9 Å². The fourth-order valence-corrected chi connectivity index (χ4v) is 1.65. The molecule has 1 saturated heterocycles. The average molecular weight is 213 g/mol. The number of ether oxygens (including phenoxy) is 1. The predicted molar refractivity (Wildman–Crippen MR) is 57.8 cm³/mol. The van der Waals surface area contributed by atoms with Gasteiger partial charge in [-0.3, -0.25) is 5.41 Å². The molecule has 1 amide bonds. The fraction of sp³-hybridized carbons (Fsp3) is 0.800. The Labute approximate surface area is 90.1 Å². The third-order valence-electron chi connectivity index (χ3n) is 2.53. The second-order valence-corrected chi connectivity index (χ2v) is 4.15. The Balaban J connectivity index is 2.37. The van der Waals surface area contributed by atoms with Crippen molar-refractivity contribution in [1.82, 2.24) is 4.90 Å². The summed E-state index contributed by atoms with van der Waals surface area (Å²) in [7, 11) is 0. The number of nitrogens with zero attached hydrogens (tertiary/aromatic N) is 1. The molecule has 1 fully saturated rings. The minimum atomic E-state index is -0.257. The van der Waals surface area contributed by atoms with Gasteiger partial charge in [-0.2, -0.15) is 0 Å². The minimum absolute atomic E-state index is 0.0805. The van der Waals surface area contributed by atoms with Crippen LogP contribution in [0.3, 0.4) is 0 Å². The lowest BCUT2D eigenvalue weighted by Gasteiger charge is -2.31. The molecule has 5 heteroatoms. The fourth-order valence-electron chi connectivity index (χ4n) is 1.65. The monoisotopic (exact) mass is 213 g/mol. The molecular formula is C10H19N3O2. The maximum absolute atomic E-state index is 11.5. The Morgan fingerprint density at radius 3 is 2.40 bits per heavy atom. The number of hydrogen-bond donors (Lipinski definition) is 2. The molecule has 86 valence electrons. The summed E-state index contributed by atoms with van der Waals surface area (Å²) >= 11 is 0. The molecule has 0 bridgehead atoms. The minimum Gasteiger partial charge on any atom is -0.447 e. The summed E-state index contributed by atoms with van der Waals surface area (Å²) in [6.45, 7) is 4.94. The highest BCUT2D eigenvalue weighted by molar-refractivity contribution is 5.80. The number of amidine groups is 1. The van der Waals surface area contributed by atoms with Gasteiger partial charge in [-0.05, 0) is 26.7 Å². The highest BCUT2D eigenvalue weighted by Gasteiger charge is 2.25. The van der Waals surface area contributed by atoms with Crippen molar-refractivity contribution in [2.24, 2.45) is 11.7 Å². The Hall–Kier alpha value is -1.26. The summed E-state index contributed by atoms with van der Waals surface area (Å²) in [6, 6.07) is 0. The summed E-state index contributed by atoms with van der Waals surface area (Å²) < 4.78 is 5.09. The van der Waals surface area contributed by atoms with Crippen molar-refractivity contribution < 1.29 is 9.53 Å². The van der Waals surface area contributed by atoms with E-state index in [1.165, 1.54) is 0 Å². The number of hydrogen-bond acceptors (Lipinski definition) is 3. The molecule has 5 nitrogen and oxygen atoms in total. The number of nitrogens with one attached hydrogen (secondary N) is 1. The van der Waals surface area contributed by atoms with Gasteiger partial charge in [-0.1, -0.05) is 0 Å². The molecule has 1 aliphatic heterocycles. The first-order chi connectivity index (χ1) is 7.00. The van der Waals surface area contributed by atoms with E-state index < -0.39 is 0 Å². The van der Waals surface area contributed by atoms with E-state index in [1.807, 2.05) is 13.8 Å². The molecule has 0 aromatic carbocycles. The molecule has 0 aromatic heterocycles. The first-order valence-electron chi connectivity index (χ1n) is 5.30. The Bertz CT molecular complexity index is 245. The van der Waals surface area contributed by atoms with Gasteiger partial charge >= 0.3 is 6.09 Å². The summed E-state index contributed by atoms with van der Waals surface area (Å²) in [5.74, 6) is 0.361. The zero-order valence-corrected chi connectivity index (χ0v) is 9.32. The average Bonchev–Trinajstić information content (AvgIpc) is 2.17. The van der Waals surface area contributed by atoms with Gasteiger partial charge in [0.2, 0.25) is 0 Å². The second-order valence-electron chi connectivity index (χ2n) is 4.15. The molecule has 0 aliphatic carbocycles. The number of rotatable bonds is 2. The van der Waals surface area contributed by atoms with Crippen molar-refractivity contribution in [2.45, 2.75) is 32.8 Å². The van der Waals surface area contributed by atoms with Crippen molar-refractivity contribution in [3.63, 3.8) is 0 Å². The molecule has 0 unspecified atom stereocenters. The van der Waals surface area contributed by atoms with Crippen LogP contribution < -0.4 is 5.73 Å². The third-order valence-corrected chi connectivity index (χ3v) is 2.53. The lowest BCUT2D eigenvalue weighted by atomic mass is 9.96. The van der Waals surface area contributed by atoms with E-state index in [0.717, 1.165) is 12.8 Å². The van der Waals surface area contributed by atoms with E-state index in [1.54, 1.807) is 4.90 Å². The maximum Gasteiger partial charge on any atom is 0.410 e. The Kier molecular flexibility index (Phi) is 3.94. The largest absolute Gasteiger partial charge is 0.447 e. The van der Waals surface area contributed by atoms with E-state index in [-0.39, 0.29) is 24.0 Å². The number of nitrogens with two attached hydrogens (primary N) is 1. The highest BCUT2D eigenvalue weighted by atomic mass is 16.6. The van der Waals surface area contributed by atoms with Crippen molar-refractivity contribution in [2.75, 3.05) is 13.1 Å². The molecule has 15 heavy (non-hydrogen) atoms. The molecule has 0 aromatic rings. The number of piperidine rings is 1. The van der Waals surface area contributed by atoms with Gasteiger partial charge < -0.3 is 15.4 Å². The van der Waals surface area contributed by atoms with Gasteiger partial charge in [0.05, 0.1) is 11.9 Å². The molecule has 0 spiro atoms. The molecule has 1 heterocycles. The van der Waals surface area contributed by atoms with Gasteiger partial charge in [-0.15, -0.1) is 0 Å². The van der Waals surface area contributed by atoms with Crippen LogP contribution in [0.2, 0.25) is 0 Å². The Morgan fingerprint density at radius 2 is 2.00 bits per heavy atom. The van der Waals surface area contributed by atoms with Crippen LogP contribution in [0.5, 0.6) is 0 Å². The molecular weight excluding hydrogens is 194 g/mol. The van der Waals surface area contributed by atoms with E-state index in [0.29, 0.717) is 13.1 Å². The van der Waals surface area contributed by atoms with E-state index in [9.17, 15) is 4.79 Å². The summed E-state index contributed by atoms with van der Waals surface area (Å²) in [6.07, 6.45) is 1.19. The molecule has 3 N–H and O–H groups in total. The van der Waals surface area contributed by atoms with E-state index in [4.69, 9.17) is 15.9 Å². The quantitative estimate of drug-likeness (QED) is 0.534. The van der Waals surface area contributed by atoms with Crippen molar-refractivity contribution in [3.8, 4) is 0 Å². The standard InChI is InChI=1S/C10H19N3O2/c1-7(2)15-10(14)13-5-3-8(4-6-13)9(11)12/h7-8H,3-6H2,1-2H3,(H3,11,12). The SMILES string of the molecule is CC(C)OC(=O)N1CCC(C(=N)N)CC1. The zero-order valence-electron chi connectivity index (χ0n) is 9.32. The van der Waals surface area contributed by atoms with Crippen LogP contribution in [0.15, 0.2) is 0 Å². The molecule has 0 atom stereocenters. The summed E-state index contributed by atoms with van der Waals surface area (Å²) in [4.78, 5) is 13.2. The van der Waals surface area contributed by atoms with Gasteiger partial charge in [0, 0.05) is 19.0 Å². The Morgan fingerprint density at radius 1 is 1.47 bits per heavy atom. The molecule has 0 radical (unpaired) electrons. The number of amides is 1. The topological polar surface area (TPSA) is 79.4 Å². The van der Waals surface area contributed by atoms with Crippen LogP contribution in [0, 0.1) is 11.3 Å². The van der Waals surface area contributed by atoms with Crippen LogP contribution in [0.1, 0.15) is 26.7 Å². The van der Waals surface area contributed by atoms with Crippen LogP contribution in [0.25, 0.3) is 0 Å². The smallest absolute Gasteiger partial charge is 0.410 e. The summed E-state index contributed by atoms with van der Waals surface area (Å²) in [5.41, 5.74) is 5.42. The van der Waals surface area contributed by atoms with Crippen molar-refractivity contribution in [3.05, 3.63) is 0 Å². The lowest BCUT2D eigenvalue weighted by molar-refractivity contribution is 0.0686. The highest BCUT2D eigenvalue weighted by Crippen LogP contribution is 2.17. The van der Waals surface area contributed by atoms with Gasteiger partial charge in [0.25, 0.3) is 0 Å². The van der Waals surface area contributed by atoms with Crippen LogP contribution in [0.4, 0.5) is 4.79 Å². The summed E-state index contributed by atoms with van der Waals surface area (Å²) in [5, 5.41) is 7.32. The van der Waals surface area contributed by atoms with Crippen molar-refractivity contribution in [1.29, 1.82) is 5.41 Å². The van der Waals surface area contributed by atoms with Gasteiger partial charge in [0.15, 0.2) is 0 Å². The van der Waals surface area contributed by atoms with Gasteiger partial charge in [-0.25, -0.2) is 4.79 Å². The first kappa shape index (κ1) is 11.8. The molecule has 0 saturated carbocycles. The lowest BCUT2D eigenvalue weighted by Crippen LogP contribution is -2.42. The van der Waals surface area contributed by atoms with Crippen LogP contribution in [-0.4, -0.2) is 36.0 Å². The molecule has 1 rings (SSSR count). The maximum atomic E-state index is 11.5. The van der Waals surface area contributed by atoms with E-state index in [2.05, 4.69) is 0 Å². The zero-order chi connectivity index (χ0) is 11.4. The number of carbonyl (C=O) groups is 1. The van der Waals surface area contributed by atoms with E-state index >= 15 is 0 Å². The number of likely N-dealkylation sites (tertiary alicyclic amines) is 1.